The van der Waals surface area contributed by atoms with Crippen molar-refractivity contribution in [1.29, 1.82) is 0 Å². The molecule has 3 aromatic rings. The average Bonchev–Trinajstić information content (AvgIpc) is 2.75. The average molecular weight is 474 g/mol. The van der Waals surface area contributed by atoms with Crippen LogP contribution in [0, 0.1) is 19.7 Å². The monoisotopic (exact) mass is 473 g/mol. The SMILES string of the molecule is Cc1ccc(N(CC(=O)N/N=C\c2c(F)cccc2Cl)S(=O)(=O)c2ccc(C)cc2)cc1. The van der Waals surface area contributed by atoms with Crippen molar-refractivity contribution in [1.82, 2.24) is 5.43 Å². The van der Waals surface area contributed by atoms with E-state index >= 15 is 0 Å². The van der Waals surface area contributed by atoms with Crippen LogP contribution in [0.25, 0.3) is 0 Å². The number of aryl methyl sites for hydroxylation is 2. The van der Waals surface area contributed by atoms with E-state index in [1.54, 1.807) is 36.4 Å². The molecule has 1 amide bonds. The summed E-state index contributed by atoms with van der Waals surface area (Å²) in [6.07, 6.45) is 1.07. The smallest absolute Gasteiger partial charge is 0.264 e. The number of amides is 1. The molecule has 0 unspecified atom stereocenters. The Balaban J connectivity index is 1.85. The summed E-state index contributed by atoms with van der Waals surface area (Å²) in [5, 5.41) is 3.85. The van der Waals surface area contributed by atoms with E-state index in [9.17, 15) is 17.6 Å². The van der Waals surface area contributed by atoms with Crippen molar-refractivity contribution in [2.45, 2.75) is 18.7 Å². The summed E-state index contributed by atoms with van der Waals surface area (Å²) in [6.45, 7) is 3.20. The van der Waals surface area contributed by atoms with Gasteiger partial charge < -0.3 is 0 Å². The fourth-order valence-corrected chi connectivity index (χ4v) is 4.46. The molecule has 0 aliphatic carbocycles. The molecule has 0 aliphatic rings. The Bertz CT molecular complexity index is 1220. The number of carbonyl (C=O) groups excluding carboxylic acids is 1. The van der Waals surface area contributed by atoms with E-state index in [1.165, 1.54) is 30.3 Å². The van der Waals surface area contributed by atoms with E-state index in [2.05, 4.69) is 10.5 Å². The molecule has 0 radical (unpaired) electrons. The maximum Gasteiger partial charge on any atom is 0.264 e. The topological polar surface area (TPSA) is 78.8 Å². The molecule has 6 nitrogen and oxygen atoms in total. The molecule has 0 saturated heterocycles. The largest absolute Gasteiger partial charge is 0.271 e. The normalized spacial score (nSPS) is 11.5. The van der Waals surface area contributed by atoms with Gasteiger partial charge >= 0.3 is 0 Å². The molecule has 0 heterocycles. The molecule has 9 heteroatoms. The molecule has 0 saturated carbocycles. The van der Waals surface area contributed by atoms with E-state index in [0.717, 1.165) is 21.6 Å². The molecule has 0 fully saturated rings. The quantitative estimate of drug-likeness (QED) is 0.407. The van der Waals surface area contributed by atoms with Crippen molar-refractivity contribution in [3.8, 4) is 0 Å². The van der Waals surface area contributed by atoms with Crippen LogP contribution < -0.4 is 9.73 Å². The Morgan fingerprint density at radius 3 is 2.22 bits per heavy atom. The van der Waals surface area contributed by atoms with E-state index in [1.807, 2.05) is 13.8 Å². The highest BCUT2D eigenvalue weighted by molar-refractivity contribution is 7.92. The molecular weight excluding hydrogens is 453 g/mol. The summed E-state index contributed by atoms with van der Waals surface area (Å²) in [5.74, 6) is -1.30. The number of halogens is 2. The van der Waals surface area contributed by atoms with Gasteiger partial charge in [-0.3, -0.25) is 9.10 Å². The minimum Gasteiger partial charge on any atom is -0.271 e. The van der Waals surface area contributed by atoms with Crippen LogP contribution in [-0.4, -0.2) is 27.1 Å². The minimum atomic E-state index is -4.03. The van der Waals surface area contributed by atoms with E-state index in [4.69, 9.17) is 11.6 Å². The Morgan fingerprint density at radius 1 is 1.03 bits per heavy atom. The second kappa shape index (κ2) is 9.93. The van der Waals surface area contributed by atoms with Crippen molar-refractivity contribution >= 4 is 39.4 Å². The summed E-state index contributed by atoms with van der Waals surface area (Å²) >= 11 is 5.93. The lowest BCUT2D eigenvalue weighted by Gasteiger charge is -2.24. The molecule has 0 bridgehead atoms. The zero-order chi connectivity index (χ0) is 23.3. The van der Waals surface area contributed by atoms with Crippen LogP contribution in [0.4, 0.5) is 10.1 Å². The summed E-state index contributed by atoms with van der Waals surface area (Å²) in [4.78, 5) is 12.6. The van der Waals surface area contributed by atoms with Crippen molar-refractivity contribution in [3.05, 3.63) is 94.3 Å². The number of nitrogens with zero attached hydrogens (tertiary/aromatic N) is 2. The minimum absolute atomic E-state index is 0.0112. The van der Waals surface area contributed by atoms with E-state index < -0.39 is 28.3 Å². The lowest BCUT2D eigenvalue weighted by atomic mass is 10.2. The van der Waals surface area contributed by atoms with Gasteiger partial charge in [0.05, 0.1) is 21.8 Å². The van der Waals surface area contributed by atoms with Gasteiger partial charge in [-0.25, -0.2) is 18.2 Å². The van der Waals surface area contributed by atoms with Crippen molar-refractivity contribution in [3.63, 3.8) is 0 Å². The standard InChI is InChI=1S/C23H21ClFN3O3S/c1-16-6-10-18(11-7-16)28(32(30,31)19-12-8-17(2)9-13-19)15-23(29)27-26-14-20-21(24)4-3-5-22(20)25/h3-14H,15H2,1-2H3,(H,27,29)/b26-14-. The number of anilines is 1. The maximum absolute atomic E-state index is 13.8. The van der Waals surface area contributed by atoms with Crippen LogP contribution >= 0.6 is 11.6 Å². The number of rotatable bonds is 7. The van der Waals surface area contributed by atoms with Gasteiger partial charge in [0.2, 0.25) is 0 Å². The van der Waals surface area contributed by atoms with Crippen molar-refractivity contribution in [2.75, 3.05) is 10.8 Å². The number of benzene rings is 3. The molecule has 0 spiro atoms. The number of nitrogens with one attached hydrogen (secondary N) is 1. The van der Waals surface area contributed by atoms with Crippen molar-refractivity contribution < 1.29 is 17.6 Å². The van der Waals surface area contributed by atoms with Gasteiger partial charge in [0.15, 0.2) is 0 Å². The van der Waals surface area contributed by atoms with Crippen LogP contribution in [0.3, 0.4) is 0 Å². The Kier molecular flexibility index (Phi) is 7.27. The second-order valence-corrected chi connectivity index (χ2v) is 9.36. The van der Waals surface area contributed by atoms with Crippen LogP contribution in [0.1, 0.15) is 16.7 Å². The fraction of sp³-hybridized carbons (Fsp3) is 0.130. The second-order valence-electron chi connectivity index (χ2n) is 7.09. The Morgan fingerprint density at radius 2 is 1.62 bits per heavy atom. The Labute approximate surface area is 191 Å². The van der Waals surface area contributed by atoms with Gasteiger partial charge in [-0.1, -0.05) is 53.1 Å². The van der Waals surface area contributed by atoms with Crippen LogP contribution in [0.15, 0.2) is 76.7 Å². The van der Waals surface area contributed by atoms with Crippen LogP contribution in [0.5, 0.6) is 0 Å². The molecular formula is C23H21ClFN3O3S. The predicted molar refractivity (Wildman–Crippen MR) is 124 cm³/mol. The molecule has 3 rings (SSSR count). The first-order chi connectivity index (χ1) is 15.2. The zero-order valence-electron chi connectivity index (χ0n) is 17.4. The molecule has 32 heavy (non-hydrogen) atoms. The first-order valence-corrected chi connectivity index (χ1v) is 11.4. The first kappa shape index (κ1) is 23.4. The predicted octanol–water partition coefficient (Wildman–Crippen LogP) is 4.44. The molecule has 166 valence electrons. The maximum atomic E-state index is 13.8. The first-order valence-electron chi connectivity index (χ1n) is 9.60. The highest BCUT2D eigenvalue weighted by atomic mass is 35.5. The third-order valence-electron chi connectivity index (χ3n) is 4.60. The lowest BCUT2D eigenvalue weighted by molar-refractivity contribution is -0.119. The highest BCUT2D eigenvalue weighted by Crippen LogP contribution is 2.24. The molecule has 0 aliphatic heterocycles. The molecule has 3 aromatic carbocycles. The van der Waals surface area contributed by atoms with Gasteiger partial charge in [0, 0.05) is 5.56 Å². The zero-order valence-corrected chi connectivity index (χ0v) is 19.0. The lowest BCUT2D eigenvalue weighted by Crippen LogP contribution is -2.39. The van der Waals surface area contributed by atoms with E-state index in [0.29, 0.717) is 5.69 Å². The van der Waals surface area contributed by atoms with Gasteiger partial charge in [0.1, 0.15) is 12.4 Å². The summed E-state index contributed by atoms with van der Waals surface area (Å²) in [7, 11) is -4.03. The van der Waals surface area contributed by atoms with Gasteiger partial charge in [-0.05, 0) is 50.2 Å². The highest BCUT2D eigenvalue weighted by Gasteiger charge is 2.27. The number of sulfonamides is 1. The molecule has 0 atom stereocenters. The summed E-state index contributed by atoms with van der Waals surface area (Å²) in [5.41, 5.74) is 4.42. The number of hydrogen-bond donors (Lipinski definition) is 1. The van der Waals surface area contributed by atoms with Crippen LogP contribution in [-0.2, 0) is 14.8 Å². The van der Waals surface area contributed by atoms with E-state index in [-0.39, 0.29) is 15.5 Å². The molecule has 0 aromatic heterocycles. The third kappa shape index (κ3) is 5.52. The summed E-state index contributed by atoms with van der Waals surface area (Å²) in [6, 6.07) is 17.2. The third-order valence-corrected chi connectivity index (χ3v) is 6.72. The van der Waals surface area contributed by atoms with Crippen LogP contribution in [0.2, 0.25) is 5.02 Å². The summed E-state index contributed by atoms with van der Waals surface area (Å²) < 4.78 is 41.4. The number of hydrogen-bond acceptors (Lipinski definition) is 4. The number of hydrazone groups is 1. The number of carbonyl (C=O) groups is 1. The van der Waals surface area contributed by atoms with Crippen molar-refractivity contribution in [2.24, 2.45) is 5.10 Å². The van der Waals surface area contributed by atoms with Gasteiger partial charge in [-0.2, -0.15) is 5.10 Å². The fourth-order valence-electron chi connectivity index (χ4n) is 2.83. The van der Waals surface area contributed by atoms with Gasteiger partial charge in [-0.15, -0.1) is 0 Å². The van der Waals surface area contributed by atoms with Gasteiger partial charge in [0.25, 0.3) is 15.9 Å². The Hall–Kier alpha value is -3.23. The molecule has 1 N–H and O–H groups in total.